The second-order valence-corrected chi connectivity index (χ2v) is 6.13. The van der Waals surface area contributed by atoms with Crippen molar-refractivity contribution in [1.29, 1.82) is 0 Å². The molecule has 5 nitrogen and oxygen atoms in total. The predicted molar refractivity (Wildman–Crippen MR) is 76.5 cm³/mol. The van der Waals surface area contributed by atoms with Gasteiger partial charge < -0.3 is 15.3 Å². The fourth-order valence-electron chi connectivity index (χ4n) is 3.70. The molecular weight excluding hydrogens is 256 g/mol. The van der Waals surface area contributed by atoms with E-state index >= 15 is 0 Å². The number of aliphatic carboxylic acids is 1. The molecule has 0 spiro atoms. The highest BCUT2D eigenvalue weighted by molar-refractivity contribution is 5.76. The first-order valence-corrected chi connectivity index (χ1v) is 7.90. The van der Waals surface area contributed by atoms with Crippen LogP contribution >= 0.6 is 0 Å². The molecule has 2 N–H and O–H groups in total. The summed E-state index contributed by atoms with van der Waals surface area (Å²) in [6, 6.07) is 0.0857. The summed E-state index contributed by atoms with van der Waals surface area (Å²) in [4.78, 5) is 25.2. The predicted octanol–water partition coefficient (Wildman–Crippen LogP) is 2.60. The SMILES string of the molecule is CCCC(CC(=O)O)NC(=O)N1CCC2CCCCC21. The molecule has 2 amide bonds. The minimum atomic E-state index is -0.847. The van der Waals surface area contributed by atoms with Crippen molar-refractivity contribution in [2.24, 2.45) is 5.92 Å². The van der Waals surface area contributed by atoms with E-state index in [-0.39, 0.29) is 18.5 Å². The lowest BCUT2D eigenvalue weighted by Crippen LogP contribution is -2.48. The Labute approximate surface area is 120 Å². The van der Waals surface area contributed by atoms with Gasteiger partial charge in [-0.15, -0.1) is 0 Å². The number of amides is 2. The van der Waals surface area contributed by atoms with E-state index in [0.717, 1.165) is 32.2 Å². The average molecular weight is 282 g/mol. The van der Waals surface area contributed by atoms with Crippen LogP contribution in [-0.4, -0.2) is 40.6 Å². The average Bonchev–Trinajstić information content (AvgIpc) is 2.82. The van der Waals surface area contributed by atoms with Crippen molar-refractivity contribution in [2.45, 2.75) is 70.4 Å². The maximum Gasteiger partial charge on any atom is 0.317 e. The summed E-state index contributed by atoms with van der Waals surface area (Å²) in [5, 5.41) is 11.8. The Morgan fingerprint density at radius 2 is 2.05 bits per heavy atom. The third kappa shape index (κ3) is 3.64. The number of urea groups is 1. The van der Waals surface area contributed by atoms with E-state index in [9.17, 15) is 9.59 Å². The van der Waals surface area contributed by atoms with Crippen LogP contribution in [0.3, 0.4) is 0 Å². The largest absolute Gasteiger partial charge is 0.481 e. The van der Waals surface area contributed by atoms with Gasteiger partial charge in [-0.1, -0.05) is 26.2 Å². The molecule has 0 bridgehead atoms. The van der Waals surface area contributed by atoms with Crippen LogP contribution in [0.25, 0.3) is 0 Å². The quantitative estimate of drug-likeness (QED) is 0.814. The van der Waals surface area contributed by atoms with Crippen LogP contribution in [0.2, 0.25) is 0 Å². The van der Waals surface area contributed by atoms with E-state index in [0.29, 0.717) is 12.0 Å². The number of carboxylic acids is 1. The molecule has 114 valence electrons. The highest BCUT2D eigenvalue weighted by Gasteiger charge is 2.38. The molecule has 1 saturated heterocycles. The monoisotopic (exact) mass is 282 g/mol. The number of carbonyl (C=O) groups excluding carboxylic acids is 1. The summed E-state index contributed by atoms with van der Waals surface area (Å²) in [6.45, 7) is 2.83. The van der Waals surface area contributed by atoms with Crippen molar-refractivity contribution in [2.75, 3.05) is 6.54 Å². The Bertz CT molecular complexity index is 359. The van der Waals surface area contributed by atoms with Crippen LogP contribution in [-0.2, 0) is 4.79 Å². The highest BCUT2D eigenvalue weighted by atomic mass is 16.4. The van der Waals surface area contributed by atoms with Gasteiger partial charge in [0.1, 0.15) is 0 Å². The van der Waals surface area contributed by atoms with Gasteiger partial charge in [-0.05, 0) is 31.6 Å². The molecule has 5 heteroatoms. The van der Waals surface area contributed by atoms with Crippen LogP contribution in [0.4, 0.5) is 4.79 Å². The number of rotatable bonds is 5. The lowest BCUT2D eigenvalue weighted by Gasteiger charge is -2.32. The van der Waals surface area contributed by atoms with Gasteiger partial charge in [0.05, 0.1) is 6.42 Å². The second-order valence-electron chi connectivity index (χ2n) is 6.13. The molecule has 2 aliphatic rings. The zero-order valence-electron chi connectivity index (χ0n) is 12.3. The summed E-state index contributed by atoms with van der Waals surface area (Å²) in [6.07, 6.45) is 7.56. The Hall–Kier alpha value is -1.26. The van der Waals surface area contributed by atoms with E-state index in [2.05, 4.69) is 5.32 Å². The molecule has 1 heterocycles. The molecule has 3 unspecified atom stereocenters. The van der Waals surface area contributed by atoms with Crippen molar-refractivity contribution < 1.29 is 14.7 Å². The number of hydrogen-bond acceptors (Lipinski definition) is 2. The number of carbonyl (C=O) groups is 2. The topological polar surface area (TPSA) is 69.6 Å². The van der Waals surface area contributed by atoms with Crippen molar-refractivity contribution >= 4 is 12.0 Å². The highest BCUT2D eigenvalue weighted by Crippen LogP contribution is 2.36. The summed E-state index contributed by atoms with van der Waals surface area (Å²) in [5.41, 5.74) is 0. The first-order chi connectivity index (χ1) is 9.61. The third-order valence-corrected chi connectivity index (χ3v) is 4.66. The Balaban J connectivity index is 1.91. The minimum Gasteiger partial charge on any atom is -0.481 e. The molecule has 20 heavy (non-hydrogen) atoms. The fourth-order valence-corrected chi connectivity index (χ4v) is 3.70. The number of nitrogens with one attached hydrogen (secondary N) is 1. The molecule has 2 rings (SSSR count). The van der Waals surface area contributed by atoms with Gasteiger partial charge in [-0.3, -0.25) is 4.79 Å². The van der Waals surface area contributed by atoms with E-state index in [1.165, 1.54) is 19.3 Å². The summed E-state index contributed by atoms with van der Waals surface area (Å²) in [7, 11) is 0. The maximum absolute atomic E-state index is 12.4. The lowest BCUT2D eigenvalue weighted by molar-refractivity contribution is -0.137. The smallest absolute Gasteiger partial charge is 0.317 e. The summed E-state index contributed by atoms with van der Waals surface area (Å²) >= 11 is 0. The normalized spacial score (nSPS) is 26.9. The maximum atomic E-state index is 12.4. The fraction of sp³-hybridized carbons (Fsp3) is 0.867. The van der Waals surface area contributed by atoms with E-state index in [4.69, 9.17) is 5.11 Å². The molecule has 1 saturated carbocycles. The van der Waals surface area contributed by atoms with Crippen molar-refractivity contribution in [3.63, 3.8) is 0 Å². The van der Waals surface area contributed by atoms with Crippen LogP contribution in [0.1, 0.15) is 58.3 Å². The summed E-state index contributed by atoms with van der Waals surface area (Å²) < 4.78 is 0. The number of likely N-dealkylation sites (tertiary alicyclic amines) is 1. The van der Waals surface area contributed by atoms with Crippen molar-refractivity contribution in [3.05, 3.63) is 0 Å². The number of nitrogens with zero attached hydrogens (tertiary/aromatic N) is 1. The number of carboxylic acid groups (broad SMARTS) is 1. The molecule has 1 aliphatic heterocycles. The minimum absolute atomic E-state index is 0.0154. The van der Waals surface area contributed by atoms with E-state index in [1.54, 1.807) is 0 Å². The van der Waals surface area contributed by atoms with Crippen molar-refractivity contribution in [1.82, 2.24) is 10.2 Å². The molecule has 0 radical (unpaired) electrons. The van der Waals surface area contributed by atoms with Crippen LogP contribution in [0.5, 0.6) is 0 Å². The van der Waals surface area contributed by atoms with Gasteiger partial charge in [0.2, 0.25) is 0 Å². The molecular formula is C15H26N2O3. The Morgan fingerprint density at radius 3 is 2.75 bits per heavy atom. The van der Waals surface area contributed by atoms with Gasteiger partial charge in [0.15, 0.2) is 0 Å². The van der Waals surface area contributed by atoms with Gasteiger partial charge in [0, 0.05) is 18.6 Å². The molecule has 1 aliphatic carbocycles. The summed E-state index contributed by atoms with van der Waals surface area (Å²) in [5.74, 6) is -0.181. The molecule has 0 aromatic heterocycles. The number of hydrogen-bond donors (Lipinski definition) is 2. The first-order valence-electron chi connectivity index (χ1n) is 7.90. The second kappa shape index (κ2) is 6.95. The standard InChI is InChI=1S/C15H26N2O3/c1-2-5-12(10-14(18)19)16-15(20)17-9-8-11-6-3-4-7-13(11)17/h11-13H,2-10H2,1H3,(H,16,20)(H,18,19). The van der Waals surface area contributed by atoms with Gasteiger partial charge in [0.25, 0.3) is 0 Å². The van der Waals surface area contributed by atoms with E-state index in [1.807, 2.05) is 11.8 Å². The molecule has 0 aromatic rings. The van der Waals surface area contributed by atoms with Gasteiger partial charge >= 0.3 is 12.0 Å². The van der Waals surface area contributed by atoms with Crippen LogP contribution in [0.15, 0.2) is 0 Å². The van der Waals surface area contributed by atoms with Crippen LogP contribution < -0.4 is 5.32 Å². The van der Waals surface area contributed by atoms with Crippen molar-refractivity contribution in [3.8, 4) is 0 Å². The Morgan fingerprint density at radius 1 is 1.30 bits per heavy atom. The molecule has 3 atom stereocenters. The third-order valence-electron chi connectivity index (χ3n) is 4.66. The van der Waals surface area contributed by atoms with Gasteiger partial charge in [-0.25, -0.2) is 4.79 Å². The lowest BCUT2D eigenvalue weighted by atomic mass is 9.85. The van der Waals surface area contributed by atoms with Crippen LogP contribution in [0, 0.1) is 5.92 Å². The van der Waals surface area contributed by atoms with E-state index < -0.39 is 5.97 Å². The number of fused-ring (bicyclic) bond motifs is 1. The molecule has 2 fully saturated rings. The molecule has 0 aromatic carbocycles. The first kappa shape index (κ1) is 15.1. The zero-order chi connectivity index (χ0) is 14.5. The van der Waals surface area contributed by atoms with Gasteiger partial charge in [-0.2, -0.15) is 0 Å². The Kier molecular flexibility index (Phi) is 5.26. The zero-order valence-corrected chi connectivity index (χ0v) is 12.3.